The second-order valence-electron chi connectivity index (χ2n) is 4.49. The molecule has 2 atom stereocenters. The van der Waals surface area contributed by atoms with E-state index in [-0.39, 0.29) is 6.10 Å². The summed E-state index contributed by atoms with van der Waals surface area (Å²) in [5.74, 6) is 0. The molecule has 1 N–H and O–H groups in total. The van der Waals surface area contributed by atoms with Crippen LogP contribution in [0.1, 0.15) is 29.7 Å². The lowest BCUT2D eigenvalue weighted by Gasteiger charge is -2.29. The Morgan fingerprint density at radius 2 is 2.13 bits per heavy atom. The first-order chi connectivity index (χ1) is 7.16. The summed E-state index contributed by atoms with van der Waals surface area (Å²) in [6.45, 7) is 8.15. The van der Waals surface area contributed by atoms with Gasteiger partial charge in [0.2, 0.25) is 0 Å². The van der Waals surface area contributed by atoms with Crippen LogP contribution in [0.15, 0.2) is 18.2 Å². The second-order valence-corrected chi connectivity index (χ2v) is 4.49. The van der Waals surface area contributed by atoms with Gasteiger partial charge in [0.15, 0.2) is 0 Å². The molecule has 0 aliphatic carbocycles. The minimum absolute atomic E-state index is 0.223. The smallest absolute Gasteiger partial charge is 0.0952 e. The van der Waals surface area contributed by atoms with Crippen molar-refractivity contribution in [3.05, 3.63) is 34.9 Å². The van der Waals surface area contributed by atoms with E-state index >= 15 is 0 Å². The zero-order chi connectivity index (χ0) is 10.8. The lowest BCUT2D eigenvalue weighted by atomic mass is 9.99. The Kier molecular flexibility index (Phi) is 3.08. The van der Waals surface area contributed by atoms with Crippen molar-refractivity contribution in [1.29, 1.82) is 0 Å². The molecule has 0 aromatic heterocycles. The molecule has 1 fully saturated rings. The number of benzene rings is 1. The van der Waals surface area contributed by atoms with E-state index < -0.39 is 0 Å². The third kappa shape index (κ3) is 2.39. The van der Waals surface area contributed by atoms with Crippen molar-refractivity contribution < 1.29 is 4.74 Å². The van der Waals surface area contributed by atoms with Crippen LogP contribution in [-0.2, 0) is 4.74 Å². The number of ether oxygens (including phenoxy) is 1. The molecule has 1 aliphatic rings. The highest BCUT2D eigenvalue weighted by molar-refractivity contribution is 5.32. The van der Waals surface area contributed by atoms with Crippen LogP contribution < -0.4 is 5.32 Å². The van der Waals surface area contributed by atoms with E-state index in [4.69, 9.17) is 4.74 Å². The van der Waals surface area contributed by atoms with Gasteiger partial charge in [-0.25, -0.2) is 0 Å². The summed E-state index contributed by atoms with van der Waals surface area (Å²) in [6.07, 6.45) is 0.223. The molecule has 1 saturated heterocycles. The summed E-state index contributed by atoms with van der Waals surface area (Å²) < 4.78 is 5.85. The first-order valence-corrected chi connectivity index (χ1v) is 5.59. The molecule has 2 rings (SSSR count). The van der Waals surface area contributed by atoms with Crippen molar-refractivity contribution in [2.45, 2.75) is 32.9 Å². The number of morpholine rings is 1. The van der Waals surface area contributed by atoms with Crippen LogP contribution in [-0.4, -0.2) is 19.2 Å². The molecule has 1 aromatic carbocycles. The zero-order valence-corrected chi connectivity index (χ0v) is 9.71. The van der Waals surface area contributed by atoms with E-state index in [1.807, 2.05) is 0 Å². The van der Waals surface area contributed by atoms with Crippen molar-refractivity contribution in [2.24, 2.45) is 0 Å². The van der Waals surface area contributed by atoms with E-state index in [0.29, 0.717) is 6.04 Å². The minimum atomic E-state index is 0.223. The molecule has 15 heavy (non-hydrogen) atoms. The molecule has 0 unspecified atom stereocenters. The number of hydrogen-bond acceptors (Lipinski definition) is 2. The molecule has 0 bridgehead atoms. The fourth-order valence-corrected chi connectivity index (χ4v) is 1.99. The molecule has 1 aliphatic heterocycles. The van der Waals surface area contributed by atoms with Gasteiger partial charge in [0, 0.05) is 12.6 Å². The van der Waals surface area contributed by atoms with E-state index in [0.717, 1.165) is 13.2 Å². The lowest BCUT2D eigenvalue weighted by molar-refractivity contribution is 0.00659. The van der Waals surface area contributed by atoms with Crippen LogP contribution >= 0.6 is 0 Å². The maximum Gasteiger partial charge on any atom is 0.0952 e. The van der Waals surface area contributed by atoms with Crippen molar-refractivity contribution in [1.82, 2.24) is 5.32 Å². The van der Waals surface area contributed by atoms with E-state index in [2.05, 4.69) is 44.3 Å². The molecule has 0 amide bonds. The predicted molar refractivity (Wildman–Crippen MR) is 62.1 cm³/mol. The van der Waals surface area contributed by atoms with Gasteiger partial charge in [0.05, 0.1) is 12.7 Å². The van der Waals surface area contributed by atoms with Gasteiger partial charge < -0.3 is 10.1 Å². The van der Waals surface area contributed by atoms with Gasteiger partial charge >= 0.3 is 0 Å². The monoisotopic (exact) mass is 205 g/mol. The SMILES string of the molecule is Cc1ccc(C)c([C@@H]2CN[C@H](C)CO2)c1. The number of rotatable bonds is 1. The summed E-state index contributed by atoms with van der Waals surface area (Å²) in [5.41, 5.74) is 3.95. The highest BCUT2D eigenvalue weighted by Gasteiger charge is 2.20. The molecule has 82 valence electrons. The quantitative estimate of drug-likeness (QED) is 0.760. The average Bonchev–Trinajstić information content (AvgIpc) is 2.23. The molecule has 0 spiro atoms. The fourth-order valence-electron chi connectivity index (χ4n) is 1.99. The first kappa shape index (κ1) is 10.7. The molecular weight excluding hydrogens is 186 g/mol. The molecule has 0 saturated carbocycles. The van der Waals surface area contributed by atoms with Crippen molar-refractivity contribution in [3.8, 4) is 0 Å². The first-order valence-electron chi connectivity index (χ1n) is 5.59. The summed E-state index contributed by atoms with van der Waals surface area (Å²) in [6, 6.07) is 7.04. The van der Waals surface area contributed by atoms with Crippen LogP contribution in [0.25, 0.3) is 0 Å². The maximum atomic E-state index is 5.85. The average molecular weight is 205 g/mol. The van der Waals surface area contributed by atoms with Gasteiger partial charge in [-0.2, -0.15) is 0 Å². The summed E-state index contributed by atoms with van der Waals surface area (Å²) in [4.78, 5) is 0. The van der Waals surface area contributed by atoms with Crippen LogP contribution in [0.3, 0.4) is 0 Å². The summed E-state index contributed by atoms with van der Waals surface area (Å²) in [7, 11) is 0. The Labute approximate surface area is 91.6 Å². The van der Waals surface area contributed by atoms with Gasteiger partial charge in [-0.1, -0.05) is 23.8 Å². The van der Waals surface area contributed by atoms with Crippen LogP contribution in [0.5, 0.6) is 0 Å². The molecule has 0 radical (unpaired) electrons. The topological polar surface area (TPSA) is 21.3 Å². The number of nitrogens with one attached hydrogen (secondary N) is 1. The van der Waals surface area contributed by atoms with Crippen molar-refractivity contribution in [3.63, 3.8) is 0 Å². The van der Waals surface area contributed by atoms with Gasteiger partial charge in [0.25, 0.3) is 0 Å². The lowest BCUT2D eigenvalue weighted by Crippen LogP contribution is -2.40. The van der Waals surface area contributed by atoms with Crippen LogP contribution in [0.2, 0.25) is 0 Å². The molecule has 2 heteroatoms. The minimum Gasteiger partial charge on any atom is -0.371 e. The van der Waals surface area contributed by atoms with Gasteiger partial charge in [-0.15, -0.1) is 0 Å². The van der Waals surface area contributed by atoms with E-state index in [9.17, 15) is 0 Å². The fraction of sp³-hybridized carbons (Fsp3) is 0.538. The third-order valence-electron chi connectivity index (χ3n) is 2.98. The maximum absolute atomic E-state index is 5.85. The number of aryl methyl sites for hydroxylation is 2. The summed E-state index contributed by atoms with van der Waals surface area (Å²) in [5, 5.41) is 3.45. The second kappa shape index (κ2) is 4.33. The van der Waals surface area contributed by atoms with Crippen molar-refractivity contribution in [2.75, 3.05) is 13.2 Å². The molecule has 1 aromatic rings. The van der Waals surface area contributed by atoms with Gasteiger partial charge in [0.1, 0.15) is 0 Å². The zero-order valence-electron chi connectivity index (χ0n) is 9.71. The Morgan fingerprint density at radius 1 is 1.33 bits per heavy atom. The van der Waals surface area contributed by atoms with E-state index in [1.54, 1.807) is 0 Å². The molecule has 1 heterocycles. The van der Waals surface area contributed by atoms with Crippen LogP contribution in [0.4, 0.5) is 0 Å². The highest BCUT2D eigenvalue weighted by atomic mass is 16.5. The van der Waals surface area contributed by atoms with Gasteiger partial charge in [-0.3, -0.25) is 0 Å². The third-order valence-corrected chi connectivity index (χ3v) is 2.98. The largest absolute Gasteiger partial charge is 0.371 e. The predicted octanol–water partition coefficient (Wildman–Crippen LogP) is 2.35. The molecule has 2 nitrogen and oxygen atoms in total. The standard InChI is InChI=1S/C13H19NO/c1-9-4-5-10(2)12(6-9)13-7-14-11(3)8-15-13/h4-6,11,13-14H,7-8H2,1-3H3/t11-,13+/m1/s1. The van der Waals surface area contributed by atoms with Crippen LogP contribution in [0, 0.1) is 13.8 Å². The summed E-state index contributed by atoms with van der Waals surface area (Å²) >= 11 is 0. The highest BCUT2D eigenvalue weighted by Crippen LogP contribution is 2.24. The Hall–Kier alpha value is -0.860. The Morgan fingerprint density at radius 3 is 2.80 bits per heavy atom. The van der Waals surface area contributed by atoms with E-state index in [1.165, 1.54) is 16.7 Å². The number of hydrogen-bond donors (Lipinski definition) is 1. The van der Waals surface area contributed by atoms with Gasteiger partial charge in [-0.05, 0) is 31.9 Å². The Bertz CT molecular complexity index is 340. The van der Waals surface area contributed by atoms with Crippen molar-refractivity contribution >= 4 is 0 Å². The Balaban J connectivity index is 2.18. The molecular formula is C13H19NO. The normalized spacial score (nSPS) is 26.6.